The Labute approximate surface area is 118 Å². The summed E-state index contributed by atoms with van der Waals surface area (Å²) in [6, 6.07) is -0.0291. The van der Waals surface area contributed by atoms with Gasteiger partial charge < -0.3 is 10.1 Å². The Morgan fingerprint density at radius 1 is 1.00 bits per heavy atom. The molecular formula is C16H31NO2. The van der Waals surface area contributed by atoms with Gasteiger partial charge in [-0.3, -0.25) is 4.79 Å². The number of carbonyl (C=O) groups excluding carboxylic acids is 1. The highest BCUT2D eigenvalue weighted by Gasteiger charge is 2.25. The summed E-state index contributed by atoms with van der Waals surface area (Å²) in [5.41, 5.74) is 0. The molecule has 0 bridgehead atoms. The van der Waals surface area contributed by atoms with Crippen LogP contribution >= 0.6 is 0 Å². The van der Waals surface area contributed by atoms with Crippen molar-refractivity contribution in [2.75, 3.05) is 13.2 Å². The van der Waals surface area contributed by atoms with E-state index in [0.29, 0.717) is 6.61 Å². The molecule has 1 N–H and O–H groups in total. The Hall–Kier alpha value is -0.570. The third-order valence-corrected chi connectivity index (χ3v) is 3.86. The van der Waals surface area contributed by atoms with Crippen LogP contribution in [0.1, 0.15) is 77.6 Å². The summed E-state index contributed by atoms with van der Waals surface area (Å²) in [6.45, 7) is 3.81. The molecule has 0 amide bonds. The highest BCUT2D eigenvalue weighted by Crippen LogP contribution is 2.10. The van der Waals surface area contributed by atoms with Gasteiger partial charge in [0.1, 0.15) is 6.04 Å². The number of ether oxygens (including phenoxy) is 1. The third kappa shape index (κ3) is 8.25. The van der Waals surface area contributed by atoms with Gasteiger partial charge in [0.2, 0.25) is 0 Å². The van der Waals surface area contributed by atoms with Gasteiger partial charge in [-0.15, -0.1) is 0 Å². The molecule has 0 aromatic carbocycles. The van der Waals surface area contributed by atoms with E-state index < -0.39 is 0 Å². The fraction of sp³-hybridized carbons (Fsp3) is 0.938. The molecule has 0 aromatic rings. The molecule has 1 saturated heterocycles. The first-order valence-electron chi connectivity index (χ1n) is 8.24. The van der Waals surface area contributed by atoms with Gasteiger partial charge in [0.15, 0.2) is 0 Å². The molecular weight excluding hydrogens is 238 g/mol. The summed E-state index contributed by atoms with van der Waals surface area (Å²) in [5.74, 6) is -0.0629. The van der Waals surface area contributed by atoms with Crippen LogP contribution in [-0.2, 0) is 9.53 Å². The monoisotopic (exact) mass is 269 g/mol. The first kappa shape index (κ1) is 16.5. The lowest BCUT2D eigenvalue weighted by Crippen LogP contribution is -2.33. The molecule has 1 aliphatic heterocycles. The molecule has 112 valence electrons. The molecule has 3 heteroatoms. The number of carbonyl (C=O) groups is 1. The van der Waals surface area contributed by atoms with Crippen molar-refractivity contribution in [2.45, 2.75) is 83.6 Å². The van der Waals surface area contributed by atoms with Crippen LogP contribution in [0.2, 0.25) is 0 Å². The van der Waals surface area contributed by atoms with Crippen molar-refractivity contribution < 1.29 is 9.53 Å². The molecule has 3 nitrogen and oxygen atoms in total. The number of cyclic esters (lactones) is 1. The van der Waals surface area contributed by atoms with E-state index in [1.54, 1.807) is 0 Å². The van der Waals surface area contributed by atoms with Gasteiger partial charge in [-0.1, -0.05) is 64.7 Å². The van der Waals surface area contributed by atoms with Crippen molar-refractivity contribution in [3.05, 3.63) is 0 Å². The predicted molar refractivity (Wildman–Crippen MR) is 79.2 cm³/mol. The summed E-state index contributed by atoms with van der Waals surface area (Å²) < 4.78 is 4.91. The van der Waals surface area contributed by atoms with Crippen molar-refractivity contribution in [1.82, 2.24) is 5.32 Å². The normalized spacial score (nSPS) is 18.8. The van der Waals surface area contributed by atoms with Gasteiger partial charge in [0.05, 0.1) is 6.61 Å². The van der Waals surface area contributed by atoms with Gasteiger partial charge in [0.25, 0.3) is 0 Å². The number of hydrogen-bond acceptors (Lipinski definition) is 3. The highest BCUT2D eigenvalue weighted by molar-refractivity contribution is 5.77. The summed E-state index contributed by atoms with van der Waals surface area (Å²) in [6.07, 6.45) is 14.4. The first-order chi connectivity index (χ1) is 9.34. The van der Waals surface area contributed by atoms with E-state index in [1.165, 1.54) is 64.2 Å². The van der Waals surface area contributed by atoms with Crippen LogP contribution in [-0.4, -0.2) is 25.2 Å². The summed E-state index contributed by atoms with van der Waals surface area (Å²) in [7, 11) is 0. The van der Waals surface area contributed by atoms with Gasteiger partial charge >= 0.3 is 5.97 Å². The summed E-state index contributed by atoms with van der Waals surface area (Å²) in [4.78, 5) is 11.2. The third-order valence-electron chi connectivity index (χ3n) is 3.86. The number of nitrogens with one attached hydrogen (secondary N) is 1. The number of rotatable bonds is 12. The Bertz CT molecular complexity index is 231. The molecule has 0 aliphatic carbocycles. The second kappa shape index (κ2) is 11.3. The predicted octanol–water partition coefficient (Wildman–Crippen LogP) is 3.81. The van der Waals surface area contributed by atoms with Crippen molar-refractivity contribution >= 4 is 5.97 Å². The highest BCUT2D eigenvalue weighted by atomic mass is 16.5. The van der Waals surface area contributed by atoms with Gasteiger partial charge in [-0.25, -0.2) is 0 Å². The number of esters is 1. The maximum Gasteiger partial charge on any atom is 0.323 e. The molecule has 0 aromatic heterocycles. The minimum Gasteiger partial charge on any atom is -0.464 e. The number of unbranched alkanes of at least 4 members (excludes halogenated alkanes) is 9. The average Bonchev–Trinajstić information content (AvgIpc) is 2.82. The van der Waals surface area contributed by atoms with Crippen LogP contribution in [0.5, 0.6) is 0 Å². The van der Waals surface area contributed by atoms with Crippen LogP contribution in [0, 0.1) is 0 Å². The lowest BCUT2D eigenvalue weighted by Gasteiger charge is -2.08. The van der Waals surface area contributed by atoms with Gasteiger partial charge in [-0.05, 0) is 13.0 Å². The molecule has 0 saturated carbocycles. The van der Waals surface area contributed by atoms with Crippen LogP contribution in [0.25, 0.3) is 0 Å². The van der Waals surface area contributed by atoms with E-state index in [9.17, 15) is 4.79 Å². The lowest BCUT2D eigenvalue weighted by atomic mass is 10.1. The zero-order chi connectivity index (χ0) is 13.8. The van der Waals surface area contributed by atoms with Gasteiger partial charge in [-0.2, -0.15) is 0 Å². The molecule has 0 spiro atoms. The molecule has 0 unspecified atom stereocenters. The molecule has 1 rings (SSSR count). The number of hydrogen-bond donors (Lipinski definition) is 1. The van der Waals surface area contributed by atoms with E-state index in [1.807, 2.05) is 0 Å². The largest absolute Gasteiger partial charge is 0.464 e. The lowest BCUT2D eigenvalue weighted by molar-refractivity contribution is -0.139. The molecule has 1 aliphatic rings. The van der Waals surface area contributed by atoms with Gasteiger partial charge in [0, 0.05) is 6.42 Å². The van der Waals surface area contributed by atoms with E-state index in [0.717, 1.165) is 13.0 Å². The van der Waals surface area contributed by atoms with Crippen LogP contribution in [0.15, 0.2) is 0 Å². The minimum atomic E-state index is -0.0629. The Balaban J connectivity index is 1.75. The Morgan fingerprint density at radius 3 is 2.11 bits per heavy atom. The smallest absolute Gasteiger partial charge is 0.323 e. The van der Waals surface area contributed by atoms with Crippen LogP contribution in [0.4, 0.5) is 0 Å². The zero-order valence-electron chi connectivity index (χ0n) is 12.6. The maximum absolute atomic E-state index is 11.2. The molecule has 19 heavy (non-hydrogen) atoms. The van der Waals surface area contributed by atoms with Crippen LogP contribution < -0.4 is 5.32 Å². The fourth-order valence-electron chi connectivity index (χ4n) is 2.57. The molecule has 1 fully saturated rings. The van der Waals surface area contributed by atoms with E-state index >= 15 is 0 Å². The van der Waals surface area contributed by atoms with Crippen molar-refractivity contribution in [2.24, 2.45) is 0 Å². The maximum atomic E-state index is 11.2. The van der Waals surface area contributed by atoms with E-state index in [2.05, 4.69) is 12.2 Å². The zero-order valence-corrected chi connectivity index (χ0v) is 12.6. The second-order valence-electron chi connectivity index (χ2n) is 5.64. The standard InChI is InChI=1S/C16H31NO2/c1-2-3-4-5-6-7-8-9-10-11-13-17-15-12-14-19-16(15)18/h15,17H,2-14H2,1H3/t15-/m0/s1. The van der Waals surface area contributed by atoms with Crippen molar-refractivity contribution in [3.63, 3.8) is 0 Å². The second-order valence-corrected chi connectivity index (χ2v) is 5.64. The minimum absolute atomic E-state index is 0.0291. The van der Waals surface area contributed by atoms with Crippen molar-refractivity contribution in [3.8, 4) is 0 Å². The Morgan fingerprint density at radius 2 is 1.58 bits per heavy atom. The van der Waals surface area contributed by atoms with Crippen LogP contribution in [0.3, 0.4) is 0 Å². The van der Waals surface area contributed by atoms with E-state index in [-0.39, 0.29) is 12.0 Å². The SMILES string of the molecule is CCCCCCCCCCCCN[C@H]1CCOC1=O. The summed E-state index contributed by atoms with van der Waals surface area (Å²) >= 11 is 0. The summed E-state index contributed by atoms with van der Waals surface area (Å²) in [5, 5.41) is 3.28. The molecule has 1 atom stereocenters. The van der Waals surface area contributed by atoms with E-state index in [4.69, 9.17) is 4.74 Å². The molecule has 0 radical (unpaired) electrons. The topological polar surface area (TPSA) is 38.3 Å². The first-order valence-corrected chi connectivity index (χ1v) is 8.24. The molecule has 1 heterocycles. The van der Waals surface area contributed by atoms with Crippen molar-refractivity contribution in [1.29, 1.82) is 0 Å². The quantitative estimate of drug-likeness (QED) is 0.432. The fourth-order valence-corrected chi connectivity index (χ4v) is 2.57. The Kier molecular flexibility index (Phi) is 9.78. The average molecular weight is 269 g/mol.